The smallest absolute Gasteiger partial charge is 0.124 e. The number of hydrogen-bond donors (Lipinski definition) is 1. The fourth-order valence-electron chi connectivity index (χ4n) is 1.82. The monoisotopic (exact) mass is 329 g/mol. The van der Waals surface area contributed by atoms with Gasteiger partial charge in [-0.3, -0.25) is 0 Å². The fraction of sp³-hybridized carbons (Fsp3) is 0.308. The van der Waals surface area contributed by atoms with Crippen LogP contribution in [0.15, 0.2) is 28.1 Å². The van der Waals surface area contributed by atoms with Crippen LogP contribution in [0.2, 0.25) is 0 Å². The van der Waals surface area contributed by atoms with Gasteiger partial charge in [0.2, 0.25) is 0 Å². The number of benzene rings is 1. The molecule has 0 radical (unpaired) electrons. The van der Waals surface area contributed by atoms with Crippen molar-refractivity contribution >= 4 is 27.3 Å². The highest BCUT2D eigenvalue weighted by atomic mass is 79.9. The lowest BCUT2D eigenvalue weighted by Crippen LogP contribution is -2.14. The summed E-state index contributed by atoms with van der Waals surface area (Å²) in [6.07, 6.45) is 0.381. The Bertz CT molecular complexity index is 523. The third-order valence-corrected chi connectivity index (χ3v) is 3.79. The molecule has 18 heavy (non-hydrogen) atoms. The number of aryl methyl sites for hydroxylation is 1. The summed E-state index contributed by atoms with van der Waals surface area (Å²) in [6.45, 7) is 1.93. The first-order valence-electron chi connectivity index (χ1n) is 5.57. The summed E-state index contributed by atoms with van der Waals surface area (Å²) in [5, 5.41) is 12.9. The Labute approximate surface area is 118 Å². The Morgan fingerprint density at radius 3 is 2.78 bits per heavy atom. The molecule has 0 bridgehead atoms. The number of nitrogens with zero attached hydrogens (tertiary/aromatic N) is 1. The van der Waals surface area contributed by atoms with Crippen molar-refractivity contribution in [3.05, 3.63) is 50.1 Å². The predicted octanol–water partition coefficient (Wildman–Crippen LogP) is 3.50. The summed E-state index contributed by atoms with van der Waals surface area (Å²) in [6, 6.07) is 4.67. The van der Waals surface area contributed by atoms with Crippen LogP contribution in [0, 0.1) is 12.7 Å². The van der Waals surface area contributed by atoms with Gasteiger partial charge in [0, 0.05) is 16.3 Å². The molecular formula is C13H13BrFNOS. The quantitative estimate of drug-likeness (QED) is 0.931. The van der Waals surface area contributed by atoms with Gasteiger partial charge in [0.25, 0.3) is 0 Å². The number of aliphatic hydroxyl groups excluding tert-OH is 1. The van der Waals surface area contributed by atoms with Gasteiger partial charge in [-0.15, -0.1) is 11.3 Å². The summed E-state index contributed by atoms with van der Waals surface area (Å²) >= 11 is 4.81. The maximum Gasteiger partial charge on any atom is 0.124 e. The second-order valence-corrected chi connectivity index (χ2v) is 6.18. The van der Waals surface area contributed by atoms with E-state index in [2.05, 4.69) is 20.9 Å². The van der Waals surface area contributed by atoms with Crippen molar-refractivity contribution in [1.29, 1.82) is 0 Å². The highest BCUT2D eigenvalue weighted by molar-refractivity contribution is 9.10. The lowest BCUT2D eigenvalue weighted by atomic mass is 10.0. The molecule has 2 aromatic rings. The molecule has 1 aromatic heterocycles. The van der Waals surface area contributed by atoms with Crippen molar-refractivity contribution in [2.24, 2.45) is 0 Å². The summed E-state index contributed by atoms with van der Waals surface area (Å²) in [7, 11) is 0. The van der Waals surface area contributed by atoms with Gasteiger partial charge in [-0.2, -0.15) is 0 Å². The molecule has 0 aliphatic carbocycles. The average Bonchev–Trinajstić information content (AvgIpc) is 2.61. The van der Waals surface area contributed by atoms with Crippen LogP contribution < -0.4 is 0 Å². The normalized spacial score (nSPS) is 12.7. The molecule has 0 fully saturated rings. The Morgan fingerprint density at radius 1 is 1.39 bits per heavy atom. The molecular weight excluding hydrogens is 317 g/mol. The number of aromatic nitrogens is 1. The molecule has 0 saturated heterocycles. The van der Waals surface area contributed by atoms with Crippen molar-refractivity contribution in [3.63, 3.8) is 0 Å². The molecule has 0 amide bonds. The average molecular weight is 330 g/mol. The van der Waals surface area contributed by atoms with Crippen molar-refractivity contribution in [3.8, 4) is 0 Å². The molecule has 0 spiro atoms. The van der Waals surface area contributed by atoms with Crippen molar-refractivity contribution in [2.75, 3.05) is 0 Å². The van der Waals surface area contributed by atoms with Crippen molar-refractivity contribution in [2.45, 2.75) is 25.9 Å². The van der Waals surface area contributed by atoms with Crippen LogP contribution in [0.5, 0.6) is 0 Å². The van der Waals surface area contributed by atoms with Gasteiger partial charge in [-0.25, -0.2) is 9.37 Å². The molecule has 0 aliphatic heterocycles. The van der Waals surface area contributed by atoms with Gasteiger partial charge in [-0.05, 0) is 37.1 Å². The molecule has 5 heteroatoms. The zero-order valence-corrected chi connectivity index (χ0v) is 12.3. The first kappa shape index (κ1) is 13.6. The first-order chi connectivity index (χ1) is 8.52. The van der Waals surface area contributed by atoms with Crippen molar-refractivity contribution in [1.82, 2.24) is 4.98 Å². The SMILES string of the molecule is Cc1nc(CC(O)Cc2cc(F)cc(Br)c2)cs1. The number of halogens is 2. The molecule has 1 aromatic carbocycles. The van der Waals surface area contributed by atoms with Gasteiger partial charge in [0.1, 0.15) is 5.82 Å². The maximum atomic E-state index is 13.2. The largest absolute Gasteiger partial charge is 0.392 e. The molecule has 2 nitrogen and oxygen atoms in total. The van der Waals surface area contributed by atoms with E-state index in [1.165, 1.54) is 12.1 Å². The van der Waals surface area contributed by atoms with Gasteiger partial charge >= 0.3 is 0 Å². The minimum Gasteiger partial charge on any atom is -0.392 e. The minimum atomic E-state index is -0.541. The number of aliphatic hydroxyl groups is 1. The third-order valence-electron chi connectivity index (χ3n) is 2.51. The molecule has 1 unspecified atom stereocenters. The van der Waals surface area contributed by atoms with Crippen LogP contribution in [0.3, 0.4) is 0 Å². The Morgan fingerprint density at radius 2 is 2.17 bits per heavy atom. The molecule has 0 aliphatic rings. The van der Waals surface area contributed by atoms with E-state index in [1.807, 2.05) is 18.4 Å². The van der Waals surface area contributed by atoms with Gasteiger partial charge in [-0.1, -0.05) is 15.9 Å². The Balaban J connectivity index is 2.00. The zero-order chi connectivity index (χ0) is 13.1. The van der Waals surface area contributed by atoms with Crippen molar-refractivity contribution < 1.29 is 9.50 Å². The van der Waals surface area contributed by atoms with Gasteiger partial charge < -0.3 is 5.11 Å². The molecule has 1 heterocycles. The van der Waals surface area contributed by atoms with E-state index < -0.39 is 6.10 Å². The molecule has 0 saturated carbocycles. The standard InChI is InChI=1S/C13H13BrFNOS/c1-8-16-12(7-18-8)6-13(17)4-9-2-10(14)5-11(15)3-9/h2-3,5,7,13,17H,4,6H2,1H3. The van der Waals surface area contributed by atoms with Crippen LogP contribution in [0.4, 0.5) is 4.39 Å². The zero-order valence-electron chi connectivity index (χ0n) is 9.86. The lowest BCUT2D eigenvalue weighted by molar-refractivity contribution is 0.174. The minimum absolute atomic E-state index is 0.295. The van der Waals surface area contributed by atoms with Crippen LogP contribution in [0.1, 0.15) is 16.3 Å². The fourth-order valence-corrected chi connectivity index (χ4v) is 2.95. The summed E-state index contributed by atoms with van der Waals surface area (Å²) in [4.78, 5) is 4.30. The molecule has 96 valence electrons. The number of thiazole rings is 1. The van der Waals surface area contributed by atoms with E-state index in [0.717, 1.165) is 16.3 Å². The molecule has 2 rings (SSSR count). The van der Waals surface area contributed by atoms with Gasteiger partial charge in [0.15, 0.2) is 0 Å². The first-order valence-corrected chi connectivity index (χ1v) is 7.24. The van der Waals surface area contributed by atoms with Gasteiger partial charge in [0.05, 0.1) is 16.8 Å². The van der Waals surface area contributed by atoms with E-state index in [4.69, 9.17) is 0 Å². The molecule has 1 N–H and O–H groups in total. The highest BCUT2D eigenvalue weighted by Gasteiger charge is 2.10. The predicted molar refractivity (Wildman–Crippen MR) is 74.4 cm³/mol. The Hall–Kier alpha value is -0.780. The second-order valence-electron chi connectivity index (χ2n) is 4.20. The topological polar surface area (TPSA) is 33.1 Å². The van der Waals surface area contributed by atoms with Crippen LogP contribution in [-0.2, 0) is 12.8 Å². The number of hydrogen-bond acceptors (Lipinski definition) is 3. The van der Waals surface area contributed by atoms with E-state index in [0.29, 0.717) is 17.3 Å². The van der Waals surface area contributed by atoms with Crippen LogP contribution >= 0.6 is 27.3 Å². The highest BCUT2D eigenvalue weighted by Crippen LogP contribution is 2.17. The maximum absolute atomic E-state index is 13.2. The second kappa shape index (κ2) is 5.91. The summed E-state index contributed by atoms with van der Waals surface area (Å²) < 4.78 is 13.9. The van der Waals surface area contributed by atoms with E-state index in [1.54, 1.807) is 11.3 Å². The number of rotatable bonds is 4. The van der Waals surface area contributed by atoms with Crippen LogP contribution in [0.25, 0.3) is 0 Å². The Kier molecular flexibility index (Phi) is 4.48. The summed E-state index contributed by atoms with van der Waals surface area (Å²) in [5.41, 5.74) is 1.67. The summed E-state index contributed by atoms with van der Waals surface area (Å²) in [5.74, 6) is -0.295. The molecule has 1 atom stereocenters. The van der Waals surface area contributed by atoms with E-state index in [9.17, 15) is 9.50 Å². The third kappa shape index (κ3) is 3.86. The van der Waals surface area contributed by atoms with Crippen LogP contribution in [-0.4, -0.2) is 16.2 Å². The van der Waals surface area contributed by atoms with E-state index >= 15 is 0 Å². The van der Waals surface area contributed by atoms with E-state index in [-0.39, 0.29) is 5.82 Å². The lowest BCUT2D eigenvalue weighted by Gasteiger charge is -2.09.